The summed E-state index contributed by atoms with van der Waals surface area (Å²) in [5.41, 5.74) is 7.43. The third-order valence-corrected chi connectivity index (χ3v) is 3.56. The second-order valence-electron chi connectivity index (χ2n) is 4.82. The van der Waals surface area contributed by atoms with Crippen LogP contribution in [0.15, 0.2) is 24.3 Å². The van der Waals surface area contributed by atoms with Gasteiger partial charge < -0.3 is 15.7 Å². The maximum atomic E-state index is 12.1. The minimum absolute atomic E-state index is 0.178. The largest absolute Gasteiger partial charge is 0.481 e. The van der Waals surface area contributed by atoms with Crippen LogP contribution < -0.4 is 5.73 Å². The molecule has 0 spiro atoms. The van der Waals surface area contributed by atoms with Gasteiger partial charge in [0.2, 0.25) is 5.91 Å². The predicted octanol–water partition coefficient (Wildman–Crippen LogP) is 0.934. The fourth-order valence-electron chi connectivity index (χ4n) is 2.40. The monoisotopic (exact) mass is 262 g/mol. The van der Waals surface area contributed by atoms with Crippen molar-refractivity contribution in [3.05, 3.63) is 35.4 Å². The van der Waals surface area contributed by atoms with E-state index in [1.54, 1.807) is 4.90 Å². The summed E-state index contributed by atoms with van der Waals surface area (Å²) in [6.45, 7) is 2.47. The Hall–Kier alpha value is -1.88. The number of nitrogens with two attached hydrogens (primary N) is 1. The number of rotatable bonds is 3. The summed E-state index contributed by atoms with van der Waals surface area (Å²) in [4.78, 5) is 25.0. The maximum Gasteiger partial charge on any atom is 0.312 e. The Bertz CT molecular complexity index is 501. The van der Waals surface area contributed by atoms with Gasteiger partial charge in [-0.3, -0.25) is 9.59 Å². The summed E-state index contributed by atoms with van der Waals surface area (Å²) in [7, 11) is 0. The Morgan fingerprint density at radius 2 is 2.16 bits per heavy atom. The van der Waals surface area contributed by atoms with Crippen molar-refractivity contribution in [3.8, 4) is 0 Å². The number of fused-ring (bicyclic) bond motifs is 1. The number of carboxylic acids is 1. The molecule has 1 heterocycles. The van der Waals surface area contributed by atoms with Crippen LogP contribution in [0.5, 0.6) is 0 Å². The van der Waals surface area contributed by atoms with Gasteiger partial charge in [-0.25, -0.2) is 0 Å². The fraction of sp³-hybridized carbons (Fsp3) is 0.429. The summed E-state index contributed by atoms with van der Waals surface area (Å²) in [6, 6.07) is 6.80. The van der Waals surface area contributed by atoms with Gasteiger partial charge in [0.1, 0.15) is 0 Å². The number of hydrogen-bond donors (Lipinski definition) is 2. The molecule has 19 heavy (non-hydrogen) atoms. The van der Waals surface area contributed by atoms with Gasteiger partial charge in [-0.05, 0) is 17.5 Å². The van der Waals surface area contributed by atoms with Crippen LogP contribution in [0.25, 0.3) is 0 Å². The van der Waals surface area contributed by atoms with Gasteiger partial charge in [0.15, 0.2) is 0 Å². The molecule has 1 aliphatic rings. The van der Waals surface area contributed by atoms with E-state index >= 15 is 0 Å². The predicted molar refractivity (Wildman–Crippen MR) is 70.5 cm³/mol. The average Bonchev–Trinajstić information content (AvgIpc) is 2.44. The smallest absolute Gasteiger partial charge is 0.312 e. The van der Waals surface area contributed by atoms with E-state index in [2.05, 4.69) is 0 Å². The Morgan fingerprint density at radius 1 is 1.47 bits per heavy atom. The van der Waals surface area contributed by atoms with Gasteiger partial charge in [-0.15, -0.1) is 0 Å². The zero-order chi connectivity index (χ0) is 14.0. The molecule has 1 unspecified atom stereocenters. The molecule has 0 radical (unpaired) electrons. The summed E-state index contributed by atoms with van der Waals surface area (Å²) < 4.78 is 0. The van der Waals surface area contributed by atoms with Crippen LogP contribution in [0.1, 0.15) is 30.4 Å². The van der Waals surface area contributed by atoms with Crippen LogP contribution >= 0.6 is 0 Å². The van der Waals surface area contributed by atoms with Gasteiger partial charge in [0, 0.05) is 13.1 Å². The quantitative estimate of drug-likeness (QED) is 0.849. The van der Waals surface area contributed by atoms with Crippen molar-refractivity contribution in [1.82, 2.24) is 4.90 Å². The minimum Gasteiger partial charge on any atom is -0.481 e. The van der Waals surface area contributed by atoms with E-state index in [9.17, 15) is 14.7 Å². The average molecular weight is 262 g/mol. The molecule has 1 aromatic rings. The molecule has 0 fully saturated rings. The van der Waals surface area contributed by atoms with Gasteiger partial charge in [-0.2, -0.15) is 0 Å². The van der Waals surface area contributed by atoms with E-state index in [0.717, 1.165) is 11.1 Å². The molecule has 0 saturated carbocycles. The van der Waals surface area contributed by atoms with Crippen LogP contribution in [0.2, 0.25) is 0 Å². The zero-order valence-corrected chi connectivity index (χ0v) is 10.9. The lowest BCUT2D eigenvalue weighted by molar-refractivity contribution is -0.141. The Labute approximate surface area is 112 Å². The Kier molecular flexibility index (Phi) is 3.85. The van der Waals surface area contributed by atoms with Crippen molar-refractivity contribution in [3.63, 3.8) is 0 Å². The lowest BCUT2D eigenvalue weighted by Crippen LogP contribution is -2.47. The number of amides is 1. The lowest BCUT2D eigenvalue weighted by atomic mass is 9.89. The Balaban J connectivity index is 2.30. The summed E-state index contributed by atoms with van der Waals surface area (Å²) in [5, 5.41) is 9.31. The van der Waals surface area contributed by atoms with Crippen LogP contribution in [-0.4, -0.2) is 34.5 Å². The standard InChI is InChI=1S/C14H18N2O3/c1-2-12(15)13(17)16-7-9-5-3-4-6-10(9)11(8-16)14(18)19/h3-6,11-12H,2,7-8,15H2,1H3,(H,18,19)/t11?,12-/m0/s1. The van der Waals surface area contributed by atoms with Crippen molar-refractivity contribution in [2.75, 3.05) is 6.54 Å². The van der Waals surface area contributed by atoms with Crippen LogP contribution in [0.3, 0.4) is 0 Å². The molecule has 102 valence electrons. The van der Waals surface area contributed by atoms with Crippen LogP contribution in [0, 0.1) is 0 Å². The third kappa shape index (κ3) is 2.61. The molecule has 5 nitrogen and oxygen atoms in total. The number of benzene rings is 1. The molecule has 2 atom stereocenters. The number of carboxylic acid groups (broad SMARTS) is 1. The number of carbonyl (C=O) groups is 2. The number of hydrogen-bond acceptors (Lipinski definition) is 3. The highest BCUT2D eigenvalue weighted by Crippen LogP contribution is 2.28. The minimum atomic E-state index is -0.907. The molecule has 1 aliphatic heterocycles. The first-order chi connectivity index (χ1) is 9.04. The third-order valence-electron chi connectivity index (χ3n) is 3.56. The van der Waals surface area contributed by atoms with Crippen LogP contribution in [-0.2, 0) is 16.1 Å². The summed E-state index contributed by atoms with van der Waals surface area (Å²) >= 11 is 0. The Morgan fingerprint density at radius 3 is 2.79 bits per heavy atom. The first-order valence-corrected chi connectivity index (χ1v) is 6.39. The maximum absolute atomic E-state index is 12.1. The second kappa shape index (κ2) is 5.40. The summed E-state index contributed by atoms with van der Waals surface area (Å²) in [6.07, 6.45) is 0.550. The lowest BCUT2D eigenvalue weighted by Gasteiger charge is -2.34. The first kappa shape index (κ1) is 13.5. The molecule has 0 bridgehead atoms. The van der Waals surface area contributed by atoms with Crippen LogP contribution in [0.4, 0.5) is 0 Å². The molecule has 0 aromatic heterocycles. The fourth-order valence-corrected chi connectivity index (χ4v) is 2.40. The molecule has 1 aromatic carbocycles. The van der Waals surface area contributed by atoms with E-state index in [1.165, 1.54) is 0 Å². The van der Waals surface area contributed by atoms with E-state index in [4.69, 9.17) is 5.73 Å². The van der Waals surface area contributed by atoms with Crippen molar-refractivity contribution >= 4 is 11.9 Å². The molecule has 5 heteroatoms. The molecule has 3 N–H and O–H groups in total. The molecular formula is C14H18N2O3. The second-order valence-corrected chi connectivity index (χ2v) is 4.82. The van der Waals surface area contributed by atoms with Crippen molar-refractivity contribution in [2.24, 2.45) is 5.73 Å². The first-order valence-electron chi connectivity index (χ1n) is 6.39. The van der Waals surface area contributed by atoms with E-state index < -0.39 is 17.9 Å². The zero-order valence-electron chi connectivity index (χ0n) is 10.9. The highest BCUT2D eigenvalue weighted by atomic mass is 16.4. The van der Waals surface area contributed by atoms with E-state index in [0.29, 0.717) is 13.0 Å². The summed E-state index contributed by atoms with van der Waals surface area (Å²) in [5.74, 6) is -1.75. The molecule has 0 aliphatic carbocycles. The van der Waals surface area contributed by atoms with Gasteiger partial charge in [0.25, 0.3) is 0 Å². The molecule has 1 amide bonds. The van der Waals surface area contributed by atoms with Gasteiger partial charge >= 0.3 is 5.97 Å². The molecule has 0 saturated heterocycles. The SMILES string of the molecule is CC[C@H](N)C(=O)N1Cc2ccccc2C(C(=O)O)C1. The normalized spacial score (nSPS) is 19.7. The van der Waals surface area contributed by atoms with Gasteiger partial charge in [0.05, 0.1) is 12.0 Å². The van der Waals surface area contributed by atoms with Crippen molar-refractivity contribution in [1.29, 1.82) is 0 Å². The number of aliphatic carboxylic acids is 1. The van der Waals surface area contributed by atoms with E-state index in [-0.39, 0.29) is 12.5 Å². The molecular weight excluding hydrogens is 244 g/mol. The topological polar surface area (TPSA) is 83.6 Å². The molecule has 2 rings (SSSR count). The van der Waals surface area contributed by atoms with Gasteiger partial charge in [-0.1, -0.05) is 31.2 Å². The van der Waals surface area contributed by atoms with Crippen molar-refractivity contribution < 1.29 is 14.7 Å². The highest BCUT2D eigenvalue weighted by molar-refractivity contribution is 5.84. The number of carbonyl (C=O) groups excluding carboxylic acids is 1. The number of nitrogens with zero attached hydrogens (tertiary/aromatic N) is 1. The van der Waals surface area contributed by atoms with Crippen molar-refractivity contribution in [2.45, 2.75) is 31.8 Å². The van der Waals surface area contributed by atoms with E-state index in [1.807, 2.05) is 31.2 Å². The highest BCUT2D eigenvalue weighted by Gasteiger charge is 2.33.